The van der Waals surface area contributed by atoms with Crippen LogP contribution in [0.3, 0.4) is 0 Å². The van der Waals surface area contributed by atoms with Crippen molar-refractivity contribution >= 4 is 10.0 Å². The predicted octanol–water partition coefficient (Wildman–Crippen LogP) is 2.40. The lowest BCUT2D eigenvalue weighted by molar-refractivity contribution is 0.353. The summed E-state index contributed by atoms with van der Waals surface area (Å²) in [4.78, 5) is 0.0140. The fourth-order valence-corrected chi connectivity index (χ4v) is 4.11. The zero-order valence-electron chi connectivity index (χ0n) is 12.5. The third-order valence-corrected chi connectivity index (χ3v) is 5.40. The molecule has 6 heteroatoms. The zero-order valence-corrected chi connectivity index (χ0v) is 13.3. The number of nitrogens with two attached hydrogens (primary N) is 1. The second kappa shape index (κ2) is 6.65. The summed E-state index contributed by atoms with van der Waals surface area (Å²) in [5.41, 5.74) is 6.12. The van der Waals surface area contributed by atoms with Crippen LogP contribution in [0.4, 0.5) is 4.39 Å². The molecule has 0 bridgehead atoms. The molecule has 0 fully saturated rings. The van der Waals surface area contributed by atoms with Gasteiger partial charge < -0.3 is 5.73 Å². The van der Waals surface area contributed by atoms with E-state index in [-0.39, 0.29) is 23.0 Å². The average Bonchev–Trinajstić information content (AvgIpc) is 2.37. The lowest BCUT2D eigenvalue weighted by Gasteiger charge is -2.26. The fraction of sp³-hybridized carbons (Fsp3) is 0.571. The molecule has 0 unspecified atom stereocenters. The van der Waals surface area contributed by atoms with Crippen molar-refractivity contribution < 1.29 is 12.8 Å². The molecular formula is C14H23FN2O2S. The van der Waals surface area contributed by atoms with Crippen molar-refractivity contribution in [2.45, 2.75) is 51.6 Å². The quantitative estimate of drug-likeness (QED) is 0.877. The first-order valence-corrected chi connectivity index (χ1v) is 8.20. The maximum absolute atomic E-state index is 13.9. The predicted molar refractivity (Wildman–Crippen MR) is 78.3 cm³/mol. The van der Waals surface area contributed by atoms with Crippen LogP contribution in [-0.4, -0.2) is 25.3 Å². The summed E-state index contributed by atoms with van der Waals surface area (Å²) in [6.07, 6.45) is 0.704. The molecule has 1 rings (SSSR count). The smallest absolute Gasteiger partial charge is 0.243 e. The van der Waals surface area contributed by atoms with E-state index < -0.39 is 15.8 Å². The van der Waals surface area contributed by atoms with E-state index in [2.05, 4.69) is 0 Å². The molecule has 2 N–H and O–H groups in total. The number of benzene rings is 1. The van der Waals surface area contributed by atoms with Crippen molar-refractivity contribution in [2.75, 3.05) is 6.54 Å². The third kappa shape index (κ3) is 3.37. The molecule has 1 aromatic rings. The average molecular weight is 302 g/mol. The van der Waals surface area contributed by atoms with Gasteiger partial charge in [0.05, 0.1) is 4.90 Å². The number of rotatable bonds is 6. The van der Waals surface area contributed by atoms with Crippen LogP contribution >= 0.6 is 0 Å². The SMILES string of the molecule is CCCN(C(C)C)S(=O)(=O)c1cc(CN)cc(F)c1C. The minimum Gasteiger partial charge on any atom is -0.326 e. The highest BCUT2D eigenvalue weighted by molar-refractivity contribution is 7.89. The summed E-state index contributed by atoms with van der Waals surface area (Å²) >= 11 is 0. The summed E-state index contributed by atoms with van der Waals surface area (Å²) in [7, 11) is -3.71. The molecule has 0 heterocycles. The maximum atomic E-state index is 13.9. The van der Waals surface area contributed by atoms with Gasteiger partial charge >= 0.3 is 0 Å². The molecule has 0 amide bonds. The Balaban J connectivity index is 3.44. The molecule has 0 saturated heterocycles. The van der Waals surface area contributed by atoms with Gasteiger partial charge in [0, 0.05) is 24.7 Å². The first-order valence-electron chi connectivity index (χ1n) is 6.76. The Morgan fingerprint density at radius 1 is 1.35 bits per heavy atom. The van der Waals surface area contributed by atoms with Crippen LogP contribution in [0.2, 0.25) is 0 Å². The molecule has 0 radical (unpaired) electrons. The Morgan fingerprint density at radius 2 is 1.95 bits per heavy atom. The Hall–Kier alpha value is -0.980. The van der Waals surface area contributed by atoms with E-state index in [1.165, 1.54) is 23.4 Å². The Labute approximate surface area is 120 Å². The van der Waals surface area contributed by atoms with Gasteiger partial charge in [-0.1, -0.05) is 6.92 Å². The lowest BCUT2D eigenvalue weighted by atomic mass is 10.1. The van der Waals surface area contributed by atoms with Crippen LogP contribution in [-0.2, 0) is 16.6 Å². The largest absolute Gasteiger partial charge is 0.326 e. The molecule has 20 heavy (non-hydrogen) atoms. The van der Waals surface area contributed by atoms with E-state index in [0.29, 0.717) is 18.5 Å². The highest BCUT2D eigenvalue weighted by Crippen LogP contribution is 2.25. The van der Waals surface area contributed by atoms with Crippen molar-refractivity contribution in [3.63, 3.8) is 0 Å². The van der Waals surface area contributed by atoms with Crippen LogP contribution < -0.4 is 5.73 Å². The lowest BCUT2D eigenvalue weighted by Crippen LogP contribution is -2.38. The van der Waals surface area contributed by atoms with Gasteiger partial charge in [-0.15, -0.1) is 0 Å². The number of hydrogen-bond acceptors (Lipinski definition) is 3. The van der Waals surface area contributed by atoms with Crippen molar-refractivity contribution in [3.8, 4) is 0 Å². The van der Waals surface area contributed by atoms with Crippen LogP contribution in [0.1, 0.15) is 38.3 Å². The Bertz CT molecular complexity index is 571. The highest BCUT2D eigenvalue weighted by atomic mass is 32.2. The second-order valence-electron chi connectivity index (χ2n) is 5.11. The molecule has 0 aliphatic rings. The molecule has 0 atom stereocenters. The van der Waals surface area contributed by atoms with Crippen molar-refractivity contribution in [1.82, 2.24) is 4.31 Å². The van der Waals surface area contributed by atoms with Gasteiger partial charge in [0.15, 0.2) is 0 Å². The molecule has 0 saturated carbocycles. The topological polar surface area (TPSA) is 63.4 Å². The molecule has 114 valence electrons. The van der Waals surface area contributed by atoms with Crippen LogP contribution in [0.5, 0.6) is 0 Å². The number of sulfonamides is 1. The maximum Gasteiger partial charge on any atom is 0.243 e. The molecule has 0 aromatic heterocycles. The van der Waals surface area contributed by atoms with E-state index in [9.17, 15) is 12.8 Å². The molecule has 4 nitrogen and oxygen atoms in total. The van der Waals surface area contributed by atoms with Gasteiger partial charge in [-0.3, -0.25) is 0 Å². The van der Waals surface area contributed by atoms with Crippen molar-refractivity contribution in [3.05, 3.63) is 29.1 Å². The summed E-state index contributed by atoms with van der Waals surface area (Å²) < 4.78 is 40.7. The van der Waals surface area contributed by atoms with Crippen LogP contribution in [0, 0.1) is 12.7 Å². The van der Waals surface area contributed by atoms with E-state index in [4.69, 9.17) is 5.73 Å². The molecule has 0 aliphatic heterocycles. The summed E-state index contributed by atoms with van der Waals surface area (Å²) in [6, 6.07) is 2.58. The Morgan fingerprint density at radius 3 is 2.40 bits per heavy atom. The summed E-state index contributed by atoms with van der Waals surface area (Å²) in [5, 5.41) is 0. The highest BCUT2D eigenvalue weighted by Gasteiger charge is 2.29. The summed E-state index contributed by atoms with van der Waals surface area (Å²) in [5.74, 6) is -0.535. The van der Waals surface area contributed by atoms with Gasteiger partial charge in [0.2, 0.25) is 10.0 Å². The van der Waals surface area contributed by atoms with Crippen LogP contribution in [0.25, 0.3) is 0 Å². The molecule has 0 aliphatic carbocycles. The molecular weight excluding hydrogens is 279 g/mol. The number of hydrogen-bond donors (Lipinski definition) is 1. The third-order valence-electron chi connectivity index (χ3n) is 3.20. The molecule has 1 aromatic carbocycles. The number of halogens is 1. The minimum absolute atomic E-state index is 0.0140. The van der Waals surface area contributed by atoms with Gasteiger partial charge in [-0.05, 0) is 44.9 Å². The van der Waals surface area contributed by atoms with Crippen molar-refractivity contribution in [2.24, 2.45) is 5.73 Å². The van der Waals surface area contributed by atoms with E-state index >= 15 is 0 Å². The monoisotopic (exact) mass is 302 g/mol. The zero-order chi connectivity index (χ0) is 15.5. The fourth-order valence-electron chi connectivity index (χ4n) is 2.10. The van der Waals surface area contributed by atoms with E-state index in [1.807, 2.05) is 20.8 Å². The van der Waals surface area contributed by atoms with Gasteiger partial charge in [-0.2, -0.15) is 4.31 Å². The number of nitrogens with zero attached hydrogens (tertiary/aromatic N) is 1. The molecule has 0 spiro atoms. The van der Waals surface area contributed by atoms with Gasteiger partial charge in [0.25, 0.3) is 0 Å². The van der Waals surface area contributed by atoms with Gasteiger partial charge in [-0.25, -0.2) is 12.8 Å². The standard InChI is InChI=1S/C14H23FN2O2S/c1-5-6-17(10(2)3)20(18,19)14-8-12(9-16)7-13(15)11(14)4/h7-8,10H,5-6,9,16H2,1-4H3. The van der Waals surface area contributed by atoms with E-state index in [1.54, 1.807) is 0 Å². The van der Waals surface area contributed by atoms with Crippen molar-refractivity contribution in [1.29, 1.82) is 0 Å². The summed E-state index contributed by atoms with van der Waals surface area (Å²) in [6.45, 7) is 7.53. The second-order valence-corrected chi connectivity index (χ2v) is 6.97. The van der Waals surface area contributed by atoms with E-state index in [0.717, 1.165) is 0 Å². The normalized spacial score (nSPS) is 12.4. The first kappa shape index (κ1) is 17.1. The van der Waals surface area contributed by atoms with Gasteiger partial charge in [0.1, 0.15) is 5.82 Å². The minimum atomic E-state index is -3.71. The first-order chi connectivity index (χ1) is 9.25. The Kier molecular flexibility index (Phi) is 5.68. The van der Waals surface area contributed by atoms with Crippen LogP contribution in [0.15, 0.2) is 17.0 Å².